The average Bonchev–Trinajstić information content (AvgIpc) is 3.03. The fraction of sp³-hybridized carbons (Fsp3) is 0.444. The topological polar surface area (TPSA) is 83.6 Å². The van der Waals surface area contributed by atoms with Crippen molar-refractivity contribution < 1.29 is 4.79 Å². The third-order valence-corrected chi connectivity index (χ3v) is 4.00. The summed E-state index contributed by atoms with van der Waals surface area (Å²) in [5.41, 5.74) is 4.20. The van der Waals surface area contributed by atoms with Gasteiger partial charge in [-0.2, -0.15) is 0 Å². The van der Waals surface area contributed by atoms with Gasteiger partial charge in [0.25, 0.3) is 0 Å². The zero-order valence-corrected chi connectivity index (χ0v) is 14.4. The second-order valence-electron chi connectivity index (χ2n) is 7.02. The highest BCUT2D eigenvalue weighted by Gasteiger charge is 2.20. The van der Waals surface area contributed by atoms with Gasteiger partial charge in [-0.15, -0.1) is 0 Å². The van der Waals surface area contributed by atoms with Crippen molar-refractivity contribution in [1.82, 2.24) is 25.3 Å². The number of nitrogens with one attached hydrogen (secondary N) is 2. The minimum absolute atomic E-state index is 0.0899. The minimum Gasteiger partial charge on any atom is -0.356 e. The van der Waals surface area contributed by atoms with Crippen molar-refractivity contribution in [3.8, 4) is 0 Å². The van der Waals surface area contributed by atoms with Gasteiger partial charge < -0.3 is 10.3 Å². The van der Waals surface area contributed by atoms with Crippen LogP contribution in [0.1, 0.15) is 39.3 Å². The van der Waals surface area contributed by atoms with Crippen LogP contribution in [0.25, 0.3) is 22.1 Å². The van der Waals surface area contributed by atoms with E-state index in [9.17, 15) is 4.79 Å². The maximum absolute atomic E-state index is 11.8. The van der Waals surface area contributed by atoms with Gasteiger partial charge in [0.1, 0.15) is 11.0 Å². The van der Waals surface area contributed by atoms with E-state index in [0.29, 0.717) is 6.54 Å². The lowest BCUT2D eigenvalue weighted by molar-refractivity contribution is -0.128. The standard InChI is InChI=1S/C18H23N5O/c1-18(2,3)17(24)20-9-5-4-7-12-15-16(22-11-21-15)14-13(23-12)8-6-10-19-14/h6,8,10-11H,4-5,7,9H2,1-3H3,(H,20,24)(H,21,22). The van der Waals surface area contributed by atoms with Crippen LogP contribution >= 0.6 is 0 Å². The fourth-order valence-electron chi connectivity index (χ4n) is 2.63. The van der Waals surface area contributed by atoms with Gasteiger partial charge in [0, 0.05) is 18.2 Å². The van der Waals surface area contributed by atoms with Crippen molar-refractivity contribution in [2.24, 2.45) is 5.41 Å². The molecule has 3 aromatic heterocycles. The first-order valence-electron chi connectivity index (χ1n) is 8.32. The van der Waals surface area contributed by atoms with Crippen molar-refractivity contribution in [2.75, 3.05) is 6.54 Å². The first-order chi connectivity index (χ1) is 11.5. The number of aryl methyl sites for hydroxylation is 1. The molecule has 0 aliphatic rings. The third-order valence-electron chi connectivity index (χ3n) is 4.00. The number of hydrogen-bond donors (Lipinski definition) is 2. The van der Waals surface area contributed by atoms with Crippen molar-refractivity contribution in [3.05, 3.63) is 30.4 Å². The molecule has 3 rings (SSSR count). The first kappa shape index (κ1) is 16.4. The van der Waals surface area contributed by atoms with E-state index in [1.807, 2.05) is 32.9 Å². The largest absolute Gasteiger partial charge is 0.356 e. The number of carbonyl (C=O) groups is 1. The summed E-state index contributed by atoms with van der Waals surface area (Å²) in [6.07, 6.45) is 6.15. The Hall–Kier alpha value is -2.50. The Balaban J connectivity index is 1.65. The molecular formula is C18H23N5O. The van der Waals surface area contributed by atoms with Gasteiger partial charge in [0.05, 0.1) is 23.1 Å². The van der Waals surface area contributed by atoms with Crippen LogP contribution in [0.5, 0.6) is 0 Å². The molecule has 0 aromatic carbocycles. The number of carbonyl (C=O) groups excluding carboxylic acids is 1. The number of H-pyrrole nitrogens is 1. The Bertz CT molecular complexity index is 863. The number of nitrogens with zero attached hydrogens (tertiary/aromatic N) is 3. The Morgan fingerprint density at radius 1 is 1.21 bits per heavy atom. The number of rotatable bonds is 5. The van der Waals surface area contributed by atoms with Gasteiger partial charge in [0.15, 0.2) is 0 Å². The molecular weight excluding hydrogens is 302 g/mol. The second kappa shape index (κ2) is 6.55. The van der Waals surface area contributed by atoms with Gasteiger partial charge in [-0.25, -0.2) is 9.97 Å². The smallest absolute Gasteiger partial charge is 0.225 e. The quantitative estimate of drug-likeness (QED) is 0.706. The number of imidazole rings is 1. The van der Waals surface area contributed by atoms with E-state index in [-0.39, 0.29) is 11.3 Å². The lowest BCUT2D eigenvalue weighted by Crippen LogP contribution is -2.35. The Kier molecular flexibility index (Phi) is 4.46. The van der Waals surface area contributed by atoms with Crippen LogP contribution < -0.4 is 5.32 Å². The lowest BCUT2D eigenvalue weighted by Gasteiger charge is -2.17. The van der Waals surface area contributed by atoms with Crippen LogP contribution in [0, 0.1) is 5.41 Å². The highest BCUT2D eigenvalue weighted by Crippen LogP contribution is 2.22. The Labute approximate surface area is 141 Å². The van der Waals surface area contributed by atoms with Crippen LogP contribution in [0.2, 0.25) is 0 Å². The summed E-state index contributed by atoms with van der Waals surface area (Å²) in [5, 5.41) is 2.98. The zero-order chi connectivity index (χ0) is 17.2. The van der Waals surface area contributed by atoms with E-state index in [4.69, 9.17) is 4.98 Å². The van der Waals surface area contributed by atoms with Crippen LogP contribution in [-0.4, -0.2) is 32.4 Å². The molecule has 2 N–H and O–H groups in total. The molecule has 0 spiro atoms. The molecule has 6 heteroatoms. The number of aromatic amines is 1. The lowest BCUT2D eigenvalue weighted by atomic mass is 9.96. The number of unbranched alkanes of at least 4 members (excludes halogenated alkanes) is 1. The molecule has 1 amide bonds. The number of pyridine rings is 2. The molecule has 0 unspecified atom stereocenters. The van der Waals surface area contributed by atoms with E-state index in [0.717, 1.165) is 47.0 Å². The molecule has 3 heterocycles. The zero-order valence-electron chi connectivity index (χ0n) is 14.4. The summed E-state index contributed by atoms with van der Waals surface area (Å²) < 4.78 is 0. The average molecular weight is 325 g/mol. The summed E-state index contributed by atoms with van der Waals surface area (Å²) in [5.74, 6) is 0.0899. The van der Waals surface area contributed by atoms with E-state index in [2.05, 4.69) is 20.3 Å². The number of aromatic nitrogens is 4. The highest BCUT2D eigenvalue weighted by molar-refractivity contribution is 6.00. The molecule has 0 saturated heterocycles. The molecule has 0 aliphatic heterocycles. The molecule has 0 saturated carbocycles. The van der Waals surface area contributed by atoms with Crippen molar-refractivity contribution in [1.29, 1.82) is 0 Å². The first-order valence-corrected chi connectivity index (χ1v) is 8.32. The van der Waals surface area contributed by atoms with E-state index >= 15 is 0 Å². The minimum atomic E-state index is -0.339. The van der Waals surface area contributed by atoms with Crippen LogP contribution in [0.15, 0.2) is 24.7 Å². The van der Waals surface area contributed by atoms with Crippen LogP contribution in [0.3, 0.4) is 0 Å². The van der Waals surface area contributed by atoms with Gasteiger partial charge in [0.2, 0.25) is 5.91 Å². The molecule has 0 fully saturated rings. The molecule has 0 atom stereocenters. The fourth-order valence-corrected chi connectivity index (χ4v) is 2.63. The van der Waals surface area contributed by atoms with E-state index in [1.165, 1.54) is 0 Å². The van der Waals surface area contributed by atoms with Crippen LogP contribution in [-0.2, 0) is 11.2 Å². The van der Waals surface area contributed by atoms with Gasteiger partial charge in [-0.05, 0) is 31.4 Å². The maximum atomic E-state index is 11.8. The Morgan fingerprint density at radius 2 is 2.04 bits per heavy atom. The monoisotopic (exact) mass is 325 g/mol. The SMILES string of the molecule is CC(C)(C)C(=O)NCCCCc1nc2cccnc2c2[nH]cnc12. The van der Waals surface area contributed by atoms with E-state index < -0.39 is 0 Å². The Morgan fingerprint density at radius 3 is 2.83 bits per heavy atom. The van der Waals surface area contributed by atoms with Crippen molar-refractivity contribution in [3.63, 3.8) is 0 Å². The summed E-state index contributed by atoms with van der Waals surface area (Å²) in [6, 6.07) is 3.86. The molecule has 0 radical (unpaired) electrons. The summed E-state index contributed by atoms with van der Waals surface area (Å²) >= 11 is 0. The third kappa shape index (κ3) is 3.37. The molecule has 6 nitrogen and oxygen atoms in total. The predicted molar refractivity (Wildman–Crippen MR) is 94.6 cm³/mol. The predicted octanol–water partition coefficient (Wildman–Crippen LogP) is 2.99. The second-order valence-corrected chi connectivity index (χ2v) is 7.02. The van der Waals surface area contributed by atoms with E-state index in [1.54, 1.807) is 12.5 Å². The highest BCUT2D eigenvalue weighted by atomic mass is 16.2. The summed E-state index contributed by atoms with van der Waals surface area (Å²) in [6.45, 7) is 6.45. The van der Waals surface area contributed by atoms with Crippen LogP contribution in [0.4, 0.5) is 0 Å². The summed E-state index contributed by atoms with van der Waals surface area (Å²) in [4.78, 5) is 28.5. The number of fused-ring (bicyclic) bond motifs is 3. The molecule has 3 aromatic rings. The molecule has 126 valence electrons. The van der Waals surface area contributed by atoms with Crippen molar-refractivity contribution >= 4 is 28.0 Å². The summed E-state index contributed by atoms with van der Waals surface area (Å²) in [7, 11) is 0. The molecule has 24 heavy (non-hydrogen) atoms. The maximum Gasteiger partial charge on any atom is 0.225 e. The number of hydrogen-bond acceptors (Lipinski definition) is 4. The van der Waals surface area contributed by atoms with Gasteiger partial charge in [-0.3, -0.25) is 9.78 Å². The van der Waals surface area contributed by atoms with Crippen molar-refractivity contribution in [2.45, 2.75) is 40.0 Å². The number of amides is 1. The normalized spacial score (nSPS) is 12.0. The molecule has 0 bridgehead atoms. The van der Waals surface area contributed by atoms with Gasteiger partial charge in [-0.1, -0.05) is 20.8 Å². The van der Waals surface area contributed by atoms with Gasteiger partial charge >= 0.3 is 0 Å². The molecule has 0 aliphatic carbocycles.